The molecule has 1 fully saturated rings. The summed E-state index contributed by atoms with van der Waals surface area (Å²) in [5, 5.41) is 2.97. The van der Waals surface area contributed by atoms with Gasteiger partial charge in [-0.05, 0) is 37.3 Å². The molecule has 0 saturated heterocycles. The van der Waals surface area contributed by atoms with Crippen LogP contribution >= 0.6 is 24.8 Å². The van der Waals surface area contributed by atoms with E-state index in [-0.39, 0.29) is 30.7 Å². The highest BCUT2D eigenvalue weighted by atomic mass is 35.5. The minimum absolute atomic E-state index is 0. The average Bonchev–Trinajstić information content (AvgIpc) is 2.37. The average molecular weight is 306 g/mol. The van der Waals surface area contributed by atoms with Crippen molar-refractivity contribution in [1.29, 1.82) is 0 Å². The zero-order valence-electron chi connectivity index (χ0n) is 10.7. The van der Waals surface area contributed by atoms with Crippen LogP contribution in [0.5, 0.6) is 0 Å². The molecule has 1 aliphatic carbocycles. The lowest BCUT2D eigenvalue weighted by Gasteiger charge is -2.26. The Hall–Kier alpha value is -0.840. The van der Waals surface area contributed by atoms with E-state index in [4.69, 9.17) is 5.73 Å². The largest absolute Gasteiger partial charge is 0.352 e. The first-order valence-electron chi connectivity index (χ1n) is 6.19. The molecule has 1 aliphatic rings. The molecule has 3 N–H and O–H groups in total. The monoisotopic (exact) mass is 305 g/mol. The van der Waals surface area contributed by atoms with Crippen LogP contribution in [-0.2, 0) is 0 Å². The van der Waals surface area contributed by atoms with Crippen LogP contribution in [0.2, 0.25) is 0 Å². The third kappa shape index (κ3) is 5.76. The molecule has 1 aromatic rings. The Labute approximate surface area is 126 Å². The molecule has 2 rings (SSSR count). The molecule has 0 spiro atoms. The standard InChI is InChI=1S/C13H19N3O.2ClH/c14-12-3-1-2-10(8-12)9-16-13(17)11-4-6-15-7-5-11;;/h4-7,10,12H,1-3,8-9,14H2,(H,16,17);2*1H. The Kier molecular flexibility index (Phi) is 8.72. The highest BCUT2D eigenvalue weighted by Crippen LogP contribution is 2.22. The van der Waals surface area contributed by atoms with E-state index in [2.05, 4.69) is 10.3 Å². The number of nitrogens with zero attached hydrogens (tertiary/aromatic N) is 1. The number of hydrogen-bond donors (Lipinski definition) is 2. The Morgan fingerprint density at radius 1 is 1.32 bits per heavy atom. The Morgan fingerprint density at radius 2 is 2.00 bits per heavy atom. The van der Waals surface area contributed by atoms with Crippen LogP contribution in [0.1, 0.15) is 36.0 Å². The van der Waals surface area contributed by atoms with Crippen molar-refractivity contribution in [3.05, 3.63) is 30.1 Å². The van der Waals surface area contributed by atoms with E-state index in [0.717, 1.165) is 19.4 Å². The molecular formula is C13H21Cl2N3O. The predicted molar refractivity (Wildman–Crippen MR) is 81.0 cm³/mol. The number of rotatable bonds is 3. The molecular weight excluding hydrogens is 285 g/mol. The molecule has 0 aliphatic heterocycles. The van der Waals surface area contributed by atoms with E-state index in [0.29, 0.717) is 17.5 Å². The maximum absolute atomic E-state index is 11.8. The fourth-order valence-electron chi connectivity index (χ4n) is 2.36. The number of halogens is 2. The van der Waals surface area contributed by atoms with Gasteiger partial charge in [0.15, 0.2) is 0 Å². The summed E-state index contributed by atoms with van der Waals surface area (Å²) >= 11 is 0. The predicted octanol–water partition coefficient (Wildman–Crippen LogP) is 2.17. The van der Waals surface area contributed by atoms with Gasteiger partial charge in [-0.2, -0.15) is 0 Å². The number of nitrogens with one attached hydrogen (secondary N) is 1. The molecule has 1 saturated carbocycles. The SMILES string of the molecule is Cl.Cl.NC1CCCC(CNC(=O)c2ccncc2)C1. The number of carbonyl (C=O) groups is 1. The van der Waals surface area contributed by atoms with Crippen LogP contribution in [0.3, 0.4) is 0 Å². The van der Waals surface area contributed by atoms with E-state index in [9.17, 15) is 4.79 Å². The summed E-state index contributed by atoms with van der Waals surface area (Å²) in [4.78, 5) is 15.7. The zero-order valence-corrected chi connectivity index (χ0v) is 12.4. The van der Waals surface area contributed by atoms with Crippen LogP contribution in [-0.4, -0.2) is 23.5 Å². The van der Waals surface area contributed by atoms with E-state index < -0.39 is 0 Å². The molecule has 2 atom stereocenters. The number of nitrogens with two attached hydrogens (primary N) is 1. The smallest absolute Gasteiger partial charge is 0.251 e. The molecule has 19 heavy (non-hydrogen) atoms. The van der Waals surface area contributed by atoms with E-state index in [1.807, 2.05) is 0 Å². The van der Waals surface area contributed by atoms with Crippen LogP contribution in [0.4, 0.5) is 0 Å². The van der Waals surface area contributed by atoms with Crippen molar-refractivity contribution in [2.75, 3.05) is 6.54 Å². The molecule has 6 heteroatoms. The van der Waals surface area contributed by atoms with Gasteiger partial charge in [-0.25, -0.2) is 0 Å². The minimum Gasteiger partial charge on any atom is -0.352 e. The zero-order chi connectivity index (χ0) is 12.1. The number of hydrogen-bond acceptors (Lipinski definition) is 3. The van der Waals surface area contributed by atoms with Crippen LogP contribution in [0.25, 0.3) is 0 Å². The van der Waals surface area contributed by atoms with Crippen LogP contribution in [0, 0.1) is 5.92 Å². The van der Waals surface area contributed by atoms with Crippen molar-refractivity contribution in [1.82, 2.24) is 10.3 Å². The first-order valence-corrected chi connectivity index (χ1v) is 6.19. The van der Waals surface area contributed by atoms with Gasteiger partial charge in [0.1, 0.15) is 0 Å². The highest BCUT2D eigenvalue weighted by molar-refractivity contribution is 5.93. The molecule has 0 radical (unpaired) electrons. The Morgan fingerprint density at radius 3 is 2.63 bits per heavy atom. The number of aromatic nitrogens is 1. The Bertz CT molecular complexity index is 375. The summed E-state index contributed by atoms with van der Waals surface area (Å²) in [7, 11) is 0. The molecule has 4 nitrogen and oxygen atoms in total. The molecule has 0 bridgehead atoms. The van der Waals surface area contributed by atoms with E-state index in [1.165, 1.54) is 12.8 Å². The summed E-state index contributed by atoms with van der Waals surface area (Å²) in [6, 6.07) is 3.76. The first kappa shape index (κ1) is 18.2. The quantitative estimate of drug-likeness (QED) is 0.899. The highest BCUT2D eigenvalue weighted by Gasteiger charge is 2.19. The van der Waals surface area contributed by atoms with Gasteiger partial charge in [0.25, 0.3) is 5.91 Å². The van der Waals surface area contributed by atoms with Gasteiger partial charge in [-0.15, -0.1) is 24.8 Å². The molecule has 108 valence electrons. The third-order valence-electron chi connectivity index (χ3n) is 3.32. The lowest BCUT2D eigenvalue weighted by molar-refractivity contribution is 0.0942. The molecule has 0 aromatic carbocycles. The number of amides is 1. The number of carbonyl (C=O) groups excluding carboxylic acids is 1. The fraction of sp³-hybridized carbons (Fsp3) is 0.538. The van der Waals surface area contributed by atoms with Gasteiger partial charge in [-0.1, -0.05) is 6.42 Å². The van der Waals surface area contributed by atoms with Crippen molar-refractivity contribution < 1.29 is 4.79 Å². The van der Waals surface area contributed by atoms with Crippen LogP contribution < -0.4 is 11.1 Å². The topological polar surface area (TPSA) is 68.0 Å². The van der Waals surface area contributed by atoms with Gasteiger partial charge in [0, 0.05) is 30.5 Å². The summed E-state index contributed by atoms with van der Waals surface area (Å²) in [6.07, 6.45) is 7.75. The normalized spacial score (nSPS) is 21.7. The third-order valence-corrected chi connectivity index (χ3v) is 3.32. The summed E-state index contributed by atoms with van der Waals surface area (Å²) in [6.45, 7) is 0.731. The van der Waals surface area contributed by atoms with E-state index in [1.54, 1.807) is 24.5 Å². The second-order valence-electron chi connectivity index (χ2n) is 4.74. The summed E-state index contributed by atoms with van der Waals surface area (Å²) in [5.74, 6) is 0.510. The lowest BCUT2D eigenvalue weighted by Crippen LogP contribution is -2.35. The molecule has 1 aromatic heterocycles. The summed E-state index contributed by atoms with van der Waals surface area (Å²) < 4.78 is 0. The Balaban J connectivity index is 0.00000162. The van der Waals surface area contributed by atoms with E-state index >= 15 is 0 Å². The van der Waals surface area contributed by atoms with Crippen molar-refractivity contribution >= 4 is 30.7 Å². The van der Waals surface area contributed by atoms with Gasteiger partial charge in [-0.3, -0.25) is 9.78 Å². The summed E-state index contributed by atoms with van der Waals surface area (Å²) in [5.41, 5.74) is 6.59. The van der Waals surface area contributed by atoms with Crippen molar-refractivity contribution in [2.24, 2.45) is 11.7 Å². The molecule has 2 unspecified atom stereocenters. The van der Waals surface area contributed by atoms with Gasteiger partial charge >= 0.3 is 0 Å². The van der Waals surface area contributed by atoms with Crippen molar-refractivity contribution in [2.45, 2.75) is 31.7 Å². The van der Waals surface area contributed by atoms with Gasteiger partial charge in [0.2, 0.25) is 0 Å². The maximum atomic E-state index is 11.8. The first-order chi connectivity index (χ1) is 8.25. The lowest BCUT2D eigenvalue weighted by atomic mass is 9.86. The second kappa shape index (κ2) is 9.13. The molecule has 1 amide bonds. The van der Waals surface area contributed by atoms with Gasteiger partial charge < -0.3 is 11.1 Å². The number of pyridine rings is 1. The van der Waals surface area contributed by atoms with Crippen molar-refractivity contribution in [3.8, 4) is 0 Å². The van der Waals surface area contributed by atoms with Crippen LogP contribution in [0.15, 0.2) is 24.5 Å². The fourth-order valence-corrected chi connectivity index (χ4v) is 2.36. The minimum atomic E-state index is -0.0217. The second-order valence-corrected chi connectivity index (χ2v) is 4.74. The van der Waals surface area contributed by atoms with Gasteiger partial charge in [0.05, 0.1) is 0 Å². The molecule has 1 heterocycles. The maximum Gasteiger partial charge on any atom is 0.251 e. The van der Waals surface area contributed by atoms with Crippen molar-refractivity contribution in [3.63, 3.8) is 0 Å².